The van der Waals surface area contributed by atoms with Crippen molar-refractivity contribution in [2.75, 3.05) is 26.2 Å². The second kappa shape index (κ2) is 8.14. The molecule has 172 valence electrons. The molecule has 0 saturated carbocycles. The Kier molecular flexibility index (Phi) is 5.77. The van der Waals surface area contributed by atoms with Gasteiger partial charge in [-0.2, -0.15) is 5.10 Å². The number of aryl methyl sites for hydroxylation is 1. The summed E-state index contributed by atoms with van der Waals surface area (Å²) in [4.78, 5) is 42.9. The van der Waals surface area contributed by atoms with Crippen molar-refractivity contribution < 1.29 is 14.4 Å². The van der Waals surface area contributed by atoms with Gasteiger partial charge in [-0.3, -0.25) is 19.1 Å². The Morgan fingerprint density at radius 3 is 2.12 bits per heavy atom. The molecule has 32 heavy (non-hydrogen) atoms. The van der Waals surface area contributed by atoms with Crippen LogP contribution in [0.2, 0.25) is 0 Å². The minimum Gasteiger partial charge on any atom is -0.338 e. The molecule has 4 heterocycles. The summed E-state index contributed by atoms with van der Waals surface area (Å²) in [6.45, 7) is 12.5. The molecule has 2 aromatic rings. The largest absolute Gasteiger partial charge is 0.338 e. The number of carbonyl (C=O) groups is 3. The maximum atomic E-state index is 13.3. The van der Waals surface area contributed by atoms with E-state index in [1.807, 2.05) is 27.5 Å². The monoisotopic (exact) mass is 456 g/mol. The molecule has 0 aromatic carbocycles. The Labute approximate surface area is 193 Å². The number of ketones is 1. The SMILES string of the molecule is CC(=O)c1ccc(C(=O)N2CCC3(CC2)CCN(C(=O)c2cc(C)nn2C(C)(C)C)C3)s1. The first-order chi connectivity index (χ1) is 15.0. The third kappa shape index (κ3) is 4.25. The maximum Gasteiger partial charge on any atom is 0.272 e. The number of carbonyl (C=O) groups excluding carboxylic acids is 3. The summed E-state index contributed by atoms with van der Waals surface area (Å²) in [6.07, 6.45) is 2.76. The molecular formula is C24H32N4O3S. The number of aromatic nitrogens is 2. The normalized spacial score (nSPS) is 18.4. The van der Waals surface area contributed by atoms with E-state index in [4.69, 9.17) is 0 Å². The van der Waals surface area contributed by atoms with Crippen LogP contribution in [0.5, 0.6) is 0 Å². The lowest BCUT2D eigenvalue weighted by molar-refractivity contribution is 0.0566. The predicted molar refractivity (Wildman–Crippen MR) is 124 cm³/mol. The summed E-state index contributed by atoms with van der Waals surface area (Å²) in [5.74, 6) is 0.0458. The smallest absolute Gasteiger partial charge is 0.272 e. The lowest BCUT2D eigenvalue weighted by atomic mass is 9.77. The third-order valence-corrected chi connectivity index (χ3v) is 7.86. The first kappa shape index (κ1) is 22.7. The van der Waals surface area contributed by atoms with E-state index in [1.54, 1.807) is 12.1 Å². The molecule has 0 bridgehead atoms. The van der Waals surface area contributed by atoms with E-state index in [0.717, 1.165) is 38.0 Å². The molecule has 2 amide bonds. The van der Waals surface area contributed by atoms with E-state index in [2.05, 4.69) is 25.9 Å². The van der Waals surface area contributed by atoms with Gasteiger partial charge in [-0.15, -0.1) is 11.3 Å². The zero-order chi connectivity index (χ0) is 23.3. The van der Waals surface area contributed by atoms with Crippen LogP contribution in [0.25, 0.3) is 0 Å². The van der Waals surface area contributed by atoms with Crippen LogP contribution in [0.4, 0.5) is 0 Å². The fourth-order valence-electron chi connectivity index (χ4n) is 4.82. The molecule has 0 radical (unpaired) electrons. The number of amides is 2. The van der Waals surface area contributed by atoms with Crippen molar-refractivity contribution in [2.45, 2.75) is 59.4 Å². The molecular weight excluding hydrogens is 424 g/mol. The van der Waals surface area contributed by atoms with Crippen LogP contribution in [0, 0.1) is 12.3 Å². The second-order valence-electron chi connectivity index (χ2n) is 10.2. The highest BCUT2D eigenvalue weighted by Crippen LogP contribution is 2.41. The number of hydrogen-bond acceptors (Lipinski definition) is 5. The van der Waals surface area contributed by atoms with Crippen molar-refractivity contribution >= 4 is 28.9 Å². The molecule has 0 atom stereocenters. The zero-order valence-electron chi connectivity index (χ0n) is 19.6. The van der Waals surface area contributed by atoms with Crippen LogP contribution in [0.15, 0.2) is 18.2 Å². The predicted octanol–water partition coefficient (Wildman–Crippen LogP) is 3.98. The first-order valence-electron chi connectivity index (χ1n) is 11.3. The Balaban J connectivity index is 1.40. The van der Waals surface area contributed by atoms with Gasteiger partial charge >= 0.3 is 0 Å². The highest BCUT2D eigenvalue weighted by molar-refractivity contribution is 7.15. The molecule has 0 unspecified atom stereocenters. The van der Waals surface area contributed by atoms with Gasteiger partial charge in [0.2, 0.25) is 0 Å². The van der Waals surface area contributed by atoms with Gasteiger partial charge in [-0.1, -0.05) is 0 Å². The summed E-state index contributed by atoms with van der Waals surface area (Å²) >= 11 is 1.27. The Morgan fingerprint density at radius 2 is 1.56 bits per heavy atom. The highest BCUT2D eigenvalue weighted by Gasteiger charge is 2.43. The van der Waals surface area contributed by atoms with Gasteiger partial charge in [0.15, 0.2) is 5.78 Å². The van der Waals surface area contributed by atoms with Gasteiger partial charge in [-0.25, -0.2) is 0 Å². The Hall–Kier alpha value is -2.48. The molecule has 0 N–H and O–H groups in total. The summed E-state index contributed by atoms with van der Waals surface area (Å²) in [6, 6.07) is 5.37. The number of rotatable bonds is 3. The van der Waals surface area contributed by atoms with Crippen molar-refractivity contribution in [3.05, 3.63) is 39.3 Å². The maximum absolute atomic E-state index is 13.3. The van der Waals surface area contributed by atoms with E-state index in [9.17, 15) is 14.4 Å². The quantitative estimate of drug-likeness (QED) is 0.655. The highest BCUT2D eigenvalue weighted by atomic mass is 32.1. The molecule has 2 aliphatic heterocycles. The van der Waals surface area contributed by atoms with Crippen LogP contribution in [0.1, 0.15) is 82.5 Å². The number of hydrogen-bond donors (Lipinski definition) is 0. The number of thiophene rings is 1. The molecule has 8 heteroatoms. The van der Waals surface area contributed by atoms with Gasteiger partial charge < -0.3 is 9.80 Å². The Morgan fingerprint density at radius 1 is 0.969 bits per heavy atom. The third-order valence-electron chi connectivity index (χ3n) is 6.69. The molecule has 2 aliphatic rings. The summed E-state index contributed by atoms with van der Waals surface area (Å²) < 4.78 is 1.84. The number of Topliss-reactive ketones (excluding diaryl/α,β-unsaturated/α-hetero) is 1. The first-order valence-corrected chi connectivity index (χ1v) is 12.1. The van der Waals surface area contributed by atoms with Crippen LogP contribution in [-0.2, 0) is 5.54 Å². The lowest BCUT2D eigenvalue weighted by Crippen LogP contribution is -2.44. The average molecular weight is 457 g/mol. The molecule has 4 rings (SSSR count). The summed E-state index contributed by atoms with van der Waals surface area (Å²) in [7, 11) is 0. The lowest BCUT2D eigenvalue weighted by Gasteiger charge is -2.39. The summed E-state index contributed by atoms with van der Waals surface area (Å²) in [5.41, 5.74) is 1.32. The van der Waals surface area contributed by atoms with Gasteiger partial charge in [0, 0.05) is 26.2 Å². The summed E-state index contributed by atoms with van der Waals surface area (Å²) in [5, 5.41) is 4.55. The van der Waals surface area contributed by atoms with Gasteiger partial charge in [-0.05, 0) is 77.5 Å². The standard InChI is InChI=1S/C24H32N4O3S/c1-16-14-18(28(25-16)23(3,4)5)21(30)27-13-10-24(15-27)8-11-26(12-9-24)22(31)20-7-6-19(32-20)17(2)29/h6-7,14H,8-13,15H2,1-5H3. The van der Waals surface area contributed by atoms with Crippen LogP contribution >= 0.6 is 11.3 Å². The molecule has 2 aromatic heterocycles. The fourth-order valence-corrected chi connectivity index (χ4v) is 5.69. The van der Waals surface area contributed by atoms with E-state index < -0.39 is 0 Å². The van der Waals surface area contributed by atoms with E-state index in [-0.39, 0.29) is 28.6 Å². The second-order valence-corrected chi connectivity index (χ2v) is 11.3. The van der Waals surface area contributed by atoms with Crippen LogP contribution in [-0.4, -0.2) is 63.4 Å². The molecule has 1 spiro atoms. The van der Waals surface area contributed by atoms with Crippen molar-refractivity contribution in [3.8, 4) is 0 Å². The average Bonchev–Trinajstić information content (AvgIpc) is 3.46. The van der Waals surface area contributed by atoms with Gasteiger partial charge in [0.1, 0.15) is 5.69 Å². The van der Waals surface area contributed by atoms with Crippen molar-refractivity contribution in [1.29, 1.82) is 0 Å². The number of likely N-dealkylation sites (tertiary alicyclic amines) is 2. The van der Waals surface area contributed by atoms with E-state index >= 15 is 0 Å². The molecule has 2 saturated heterocycles. The van der Waals surface area contributed by atoms with Gasteiger partial charge in [0.25, 0.3) is 11.8 Å². The minimum absolute atomic E-state index is 0.00725. The number of piperidine rings is 1. The zero-order valence-corrected chi connectivity index (χ0v) is 20.4. The number of nitrogens with zero attached hydrogens (tertiary/aromatic N) is 4. The molecule has 2 fully saturated rings. The fraction of sp³-hybridized carbons (Fsp3) is 0.583. The van der Waals surface area contributed by atoms with Crippen molar-refractivity contribution in [3.63, 3.8) is 0 Å². The Bertz CT molecular complexity index is 1050. The topological polar surface area (TPSA) is 75.5 Å². The van der Waals surface area contributed by atoms with Crippen molar-refractivity contribution in [1.82, 2.24) is 19.6 Å². The van der Waals surface area contributed by atoms with Gasteiger partial charge in [0.05, 0.1) is 21.0 Å². The van der Waals surface area contributed by atoms with Crippen LogP contribution < -0.4 is 0 Å². The van der Waals surface area contributed by atoms with Crippen LogP contribution in [0.3, 0.4) is 0 Å². The van der Waals surface area contributed by atoms with Crippen molar-refractivity contribution in [2.24, 2.45) is 5.41 Å². The molecule has 7 nitrogen and oxygen atoms in total. The van der Waals surface area contributed by atoms with E-state index in [0.29, 0.717) is 28.5 Å². The minimum atomic E-state index is -0.258. The van der Waals surface area contributed by atoms with E-state index in [1.165, 1.54) is 18.3 Å². The molecule has 0 aliphatic carbocycles.